The standard InChI is InChI=1S/C29H38N7O9P/c1-16(25(38)42-14-28(2,3)4)35-46(40,45-18-9-10-19-17(12-18)8-7-11-31-19)43-13-20-22(37)29(5,39)26(44-20)36-15-32-21-23(36)33-27(30)34-24(21)41-6/h7-12,15-16,20,22,26,37,39H,13-14H2,1-6H3,(H,35,40)(H2,30,33,34). The number of imidazole rings is 1. The van der Waals surface area contributed by atoms with E-state index in [0.29, 0.717) is 10.9 Å². The predicted molar refractivity (Wildman–Crippen MR) is 166 cm³/mol. The zero-order chi connectivity index (χ0) is 33.4. The molecule has 0 aliphatic carbocycles. The molecule has 0 radical (unpaired) electrons. The van der Waals surface area contributed by atoms with Gasteiger partial charge in [0.2, 0.25) is 11.8 Å². The van der Waals surface area contributed by atoms with Gasteiger partial charge in [-0.2, -0.15) is 15.1 Å². The van der Waals surface area contributed by atoms with Gasteiger partial charge in [-0.25, -0.2) is 9.55 Å². The van der Waals surface area contributed by atoms with Gasteiger partial charge in [0.15, 0.2) is 17.4 Å². The van der Waals surface area contributed by atoms with Crippen molar-refractivity contribution < 1.29 is 42.8 Å². The lowest BCUT2D eigenvalue weighted by atomic mass is 9.96. The Morgan fingerprint density at radius 1 is 1.26 bits per heavy atom. The van der Waals surface area contributed by atoms with Crippen LogP contribution in [0.25, 0.3) is 22.1 Å². The molecular formula is C29H38N7O9P. The monoisotopic (exact) mass is 659 g/mol. The zero-order valence-electron chi connectivity index (χ0n) is 26.3. The predicted octanol–water partition coefficient (Wildman–Crippen LogP) is 2.75. The molecule has 46 heavy (non-hydrogen) atoms. The summed E-state index contributed by atoms with van der Waals surface area (Å²) < 4.78 is 43.9. The second-order valence-electron chi connectivity index (χ2n) is 12.4. The van der Waals surface area contributed by atoms with Gasteiger partial charge >= 0.3 is 13.7 Å². The summed E-state index contributed by atoms with van der Waals surface area (Å²) in [5.41, 5.74) is 4.77. The first-order valence-corrected chi connectivity index (χ1v) is 16.0. The van der Waals surface area contributed by atoms with Crippen molar-refractivity contribution in [2.75, 3.05) is 26.1 Å². The smallest absolute Gasteiger partial charge is 0.459 e. The summed E-state index contributed by atoms with van der Waals surface area (Å²) in [6.45, 7) is 8.15. The Kier molecular flexibility index (Phi) is 9.23. The Bertz CT molecular complexity index is 1780. The summed E-state index contributed by atoms with van der Waals surface area (Å²) >= 11 is 0. The van der Waals surface area contributed by atoms with Gasteiger partial charge in [0.25, 0.3) is 0 Å². The molecule has 6 unspecified atom stereocenters. The summed E-state index contributed by atoms with van der Waals surface area (Å²) in [5, 5.41) is 25.8. The lowest BCUT2D eigenvalue weighted by Gasteiger charge is -2.27. The first kappa shape index (κ1) is 33.4. The molecule has 17 heteroatoms. The van der Waals surface area contributed by atoms with Crippen molar-refractivity contribution >= 4 is 41.7 Å². The Morgan fingerprint density at radius 2 is 2.02 bits per heavy atom. The summed E-state index contributed by atoms with van der Waals surface area (Å²) in [5.74, 6) is -0.495. The van der Waals surface area contributed by atoms with Crippen molar-refractivity contribution in [3.8, 4) is 11.6 Å². The highest BCUT2D eigenvalue weighted by Gasteiger charge is 2.54. The molecule has 0 saturated carbocycles. The van der Waals surface area contributed by atoms with Gasteiger partial charge in [0.1, 0.15) is 29.6 Å². The maximum atomic E-state index is 14.2. The number of carbonyl (C=O) groups excluding carboxylic acids is 1. The van der Waals surface area contributed by atoms with E-state index in [9.17, 15) is 19.6 Å². The van der Waals surface area contributed by atoms with Crippen LogP contribution in [0.5, 0.6) is 11.6 Å². The topological polar surface area (TPSA) is 215 Å². The number of hydrogen-bond acceptors (Lipinski definition) is 14. The highest BCUT2D eigenvalue weighted by atomic mass is 31.2. The second kappa shape index (κ2) is 12.7. The number of nitrogen functional groups attached to an aromatic ring is 1. The van der Waals surface area contributed by atoms with Crippen molar-refractivity contribution in [1.29, 1.82) is 0 Å². The van der Waals surface area contributed by atoms with E-state index in [1.165, 1.54) is 31.9 Å². The molecule has 0 amide bonds. The van der Waals surface area contributed by atoms with Crippen LogP contribution in [-0.2, 0) is 23.4 Å². The number of aliphatic hydroxyl groups excluding tert-OH is 1. The minimum Gasteiger partial charge on any atom is -0.479 e. The number of rotatable bonds is 11. The van der Waals surface area contributed by atoms with Gasteiger partial charge in [-0.05, 0) is 43.5 Å². The molecule has 16 nitrogen and oxygen atoms in total. The van der Waals surface area contributed by atoms with Crippen molar-refractivity contribution in [2.45, 2.75) is 64.7 Å². The van der Waals surface area contributed by atoms with E-state index in [1.807, 2.05) is 20.8 Å². The quantitative estimate of drug-likeness (QED) is 0.134. The van der Waals surface area contributed by atoms with Gasteiger partial charge < -0.3 is 34.7 Å². The number of hydrogen-bond donors (Lipinski definition) is 4. The fraction of sp³-hybridized carbons (Fsp3) is 0.483. The first-order valence-electron chi connectivity index (χ1n) is 14.4. The Balaban J connectivity index is 1.38. The molecule has 4 heterocycles. The zero-order valence-corrected chi connectivity index (χ0v) is 27.2. The summed E-state index contributed by atoms with van der Waals surface area (Å²) in [6.07, 6.45) is -1.01. The molecule has 4 aromatic rings. The maximum Gasteiger partial charge on any atom is 0.459 e. The second-order valence-corrected chi connectivity index (χ2v) is 14.1. The molecule has 1 aliphatic rings. The summed E-state index contributed by atoms with van der Waals surface area (Å²) in [6, 6.07) is 7.30. The van der Waals surface area contributed by atoms with Crippen LogP contribution in [0.15, 0.2) is 42.9 Å². The van der Waals surface area contributed by atoms with Crippen molar-refractivity contribution in [1.82, 2.24) is 29.6 Å². The maximum absolute atomic E-state index is 14.2. The largest absolute Gasteiger partial charge is 0.479 e. The molecule has 6 atom stereocenters. The van der Waals surface area contributed by atoms with Gasteiger partial charge in [-0.3, -0.25) is 18.9 Å². The summed E-state index contributed by atoms with van der Waals surface area (Å²) in [4.78, 5) is 29.5. The van der Waals surface area contributed by atoms with E-state index in [1.54, 1.807) is 36.5 Å². The molecule has 1 aromatic carbocycles. The molecule has 1 saturated heterocycles. The number of ether oxygens (including phenoxy) is 3. The van der Waals surface area contributed by atoms with Crippen molar-refractivity contribution in [3.05, 3.63) is 42.9 Å². The number of anilines is 1. The minimum atomic E-state index is -4.37. The number of esters is 1. The molecular weight excluding hydrogens is 621 g/mol. The average Bonchev–Trinajstić information content (AvgIpc) is 3.50. The fourth-order valence-corrected chi connectivity index (χ4v) is 6.31. The lowest BCUT2D eigenvalue weighted by Crippen LogP contribution is -2.44. The fourth-order valence-electron chi connectivity index (χ4n) is 4.81. The first-order chi connectivity index (χ1) is 21.6. The molecule has 0 spiro atoms. The van der Waals surface area contributed by atoms with Gasteiger partial charge in [-0.1, -0.05) is 26.8 Å². The SMILES string of the molecule is COc1nc(N)nc2c1ncn2C1OC(COP(=O)(NC(C)C(=O)OCC(C)(C)C)Oc2ccc3ncccc3c2)C(O)C1(C)O. The lowest BCUT2D eigenvalue weighted by molar-refractivity contribution is -0.148. The Labute approximate surface area is 264 Å². The minimum absolute atomic E-state index is 0.104. The number of nitrogens with one attached hydrogen (secondary N) is 1. The van der Waals surface area contributed by atoms with E-state index >= 15 is 0 Å². The van der Waals surface area contributed by atoms with Gasteiger partial charge in [0.05, 0.1) is 32.2 Å². The Hall–Kier alpha value is -3.92. The van der Waals surface area contributed by atoms with Crippen molar-refractivity contribution in [2.24, 2.45) is 5.41 Å². The number of methoxy groups -OCH3 is 1. The average molecular weight is 660 g/mol. The van der Waals surface area contributed by atoms with Crippen LogP contribution in [0.3, 0.4) is 0 Å². The third-order valence-corrected chi connectivity index (χ3v) is 8.81. The van der Waals surface area contributed by atoms with E-state index < -0.39 is 50.4 Å². The van der Waals surface area contributed by atoms with E-state index in [0.717, 1.165) is 0 Å². The van der Waals surface area contributed by atoms with Crippen LogP contribution < -0.4 is 20.1 Å². The van der Waals surface area contributed by atoms with Gasteiger partial charge in [0, 0.05) is 11.6 Å². The third-order valence-electron chi connectivity index (χ3n) is 7.17. The summed E-state index contributed by atoms with van der Waals surface area (Å²) in [7, 11) is -2.97. The van der Waals surface area contributed by atoms with Crippen LogP contribution >= 0.6 is 7.75 Å². The molecule has 1 aliphatic heterocycles. The molecule has 3 aromatic heterocycles. The van der Waals surface area contributed by atoms with Crippen LogP contribution in [0.4, 0.5) is 5.95 Å². The molecule has 248 valence electrons. The third kappa shape index (κ3) is 7.07. The molecule has 5 rings (SSSR count). The van der Waals surface area contributed by atoms with Gasteiger partial charge in [-0.15, -0.1) is 0 Å². The van der Waals surface area contributed by atoms with E-state index in [4.69, 9.17) is 29.0 Å². The highest BCUT2D eigenvalue weighted by Crippen LogP contribution is 2.47. The number of carbonyl (C=O) groups is 1. The van der Waals surface area contributed by atoms with Crippen molar-refractivity contribution in [3.63, 3.8) is 0 Å². The van der Waals surface area contributed by atoms with Crippen LogP contribution in [0, 0.1) is 5.41 Å². The van der Waals surface area contributed by atoms with E-state index in [2.05, 4.69) is 25.0 Å². The number of nitrogens with two attached hydrogens (primary N) is 1. The number of fused-ring (bicyclic) bond motifs is 2. The number of aromatic nitrogens is 5. The number of aliphatic hydroxyl groups is 2. The number of benzene rings is 1. The van der Waals surface area contributed by atoms with Crippen LogP contribution in [-0.4, -0.2) is 84.9 Å². The normalized spacial score (nSPS) is 23.7. The highest BCUT2D eigenvalue weighted by molar-refractivity contribution is 7.52. The van der Waals surface area contributed by atoms with Crippen LogP contribution in [0.2, 0.25) is 0 Å². The van der Waals surface area contributed by atoms with Crippen LogP contribution in [0.1, 0.15) is 40.8 Å². The molecule has 5 N–H and O–H groups in total. The number of nitrogens with zero attached hydrogens (tertiary/aromatic N) is 5. The molecule has 1 fully saturated rings. The number of pyridine rings is 1. The Morgan fingerprint density at radius 3 is 2.74 bits per heavy atom. The molecule has 0 bridgehead atoms. The van der Waals surface area contributed by atoms with E-state index in [-0.39, 0.29) is 40.8 Å².